The second-order valence-corrected chi connectivity index (χ2v) is 15.5. The van der Waals surface area contributed by atoms with Crippen LogP contribution in [0.15, 0.2) is 36.5 Å². The molecule has 2 unspecified atom stereocenters. The van der Waals surface area contributed by atoms with Crippen molar-refractivity contribution in [1.29, 1.82) is 0 Å². The van der Waals surface area contributed by atoms with E-state index in [1.54, 1.807) is 21.1 Å². The Bertz CT molecular complexity index is 968. The van der Waals surface area contributed by atoms with E-state index < -0.39 is 18.1 Å². The highest BCUT2D eigenvalue weighted by Gasteiger charge is 2.25. The lowest BCUT2D eigenvalue weighted by atomic mass is 10.0. The first kappa shape index (κ1) is 50.5. The molecule has 0 aromatic carbocycles. The molecule has 308 valence electrons. The second kappa shape index (κ2) is 36.5. The van der Waals surface area contributed by atoms with E-state index in [1.165, 1.54) is 96.3 Å². The van der Waals surface area contributed by atoms with E-state index in [4.69, 9.17) is 14.2 Å². The third-order valence-electron chi connectivity index (χ3n) is 9.52. The molecule has 0 rings (SSSR count). The Morgan fingerprint density at radius 3 is 1.64 bits per heavy atom. The maximum Gasteiger partial charge on any atom is 0.306 e. The maximum absolute atomic E-state index is 12.7. The van der Waals surface area contributed by atoms with Gasteiger partial charge in [-0.05, 0) is 51.4 Å². The number of allylic oxidation sites excluding steroid dienone is 6. The highest BCUT2D eigenvalue weighted by Crippen LogP contribution is 2.15. The van der Waals surface area contributed by atoms with E-state index in [9.17, 15) is 19.5 Å². The molecule has 0 fully saturated rings. The average molecular weight is 748 g/mol. The number of ether oxygens (including phenoxy) is 3. The molecule has 0 heterocycles. The number of carbonyl (C=O) groups excluding carboxylic acids is 3. The molecular formula is C45H81NO7. The van der Waals surface area contributed by atoms with E-state index in [0.29, 0.717) is 12.8 Å². The summed E-state index contributed by atoms with van der Waals surface area (Å²) >= 11 is 0. The van der Waals surface area contributed by atoms with Crippen molar-refractivity contribution >= 4 is 17.9 Å². The van der Waals surface area contributed by atoms with Crippen molar-refractivity contribution in [3.63, 3.8) is 0 Å². The van der Waals surface area contributed by atoms with Crippen LogP contribution in [0.4, 0.5) is 0 Å². The van der Waals surface area contributed by atoms with Gasteiger partial charge in [-0.25, -0.2) is 0 Å². The quantitative estimate of drug-likeness (QED) is 0.0268. The molecule has 0 spiro atoms. The number of hydrogen-bond acceptors (Lipinski definition) is 7. The molecule has 0 N–H and O–H groups in total. The fourth-order valence-corrected chi connectivity index (χ4v) is 6.18. The molecule has 53 heavy (non-hydrogen) atoms. The standard InChI is InChI=1S/C45H81NO7/c1-6-8-10-12-14-16-17-18-19-20-21-22-23-24-25-26-27-28-30-32-34-36-44(48)53-41(39-51-38-37-42(45(49)50)46(3,4)5)40-52-43(47)35-33-31-29-15-13-11-9-7-2/h8,10,14,16,29,31,41-42H,6-7,9,11-13,15,17-28,30,32-40H2,1-5H3/b10-8+,16-14+,31-29+. The van der Waals surface area contributed by atoms with Gasteiger partial charge in [0.2, 0.25) is 0 Å². The average Bonchev–Trinajstić information content (AvgIpc) is 3.11. The molecule has 0 aromatic heterocycles. The van der Waals surface area contributed by atoms with Crippen molar-refractivity contribution in [2.45, 2.75) is 193 Å². The van der Waals surface area contributed by atoms with Crippen molar-refractivity contribution in [3.05, 3.63) is 36.5 Å². The van der Waals surface area contributed by atoms with Gasteiger partial charge in [0.1, 0.15) is 12.6 Å². The number of carboxylic acids is 1. The summed E-state index contributed by atoms with van der Waals surface area (Å²) < 4.78 is 17.0. The van der Waals surface area contributed by atoms with E-state index in [-0.39, 0.29) is 49.1 Å². The Hall–Kier alpha value is -2.45. The van der Waals surface area contributed by atoms with Crippen LogP contribution in [0.25, 0.3) is 0 Å². The van der Waals surface area contributed by atoms with Gasteiger partial charge in [-0.2, -0.15) is 0 Å². The Morgan fingerprint density at radius 1 is 0.585 bits per heavy atom. The molecule has 0 aromatic rings. The molecule has 0 radical (unpaired) electrons. The lowest BCUT2D eigenvalue weighted by Gasteiger charge is -2.34. The number of likely N-dealkylation sites (N-methyl/N-ethyl adjacent to an activating group) is 1. The number of unbranched alkanes of at least 4 members (excludes halogenated alkanes) is 18. The Balaban J connectivity index is 4.22. The summed E-state index contributed by atoms with van der Waals surface area (Å²) in [6, 6.07) is -0.727. The minimum Gasteiger partial charge on any atom is -0.544 e. The highest BCUT2D eigenvalue weighted by molar-refractivity contribution is 5.70. The lowest BCUT2D eigenvalue weighted by Crippen LogP contribution is -2.55. The van der Waals surface area contributed by atoms with Gasteiger partial charge in [0.25, 0.3) is 0 Å². The van der Waals surface area contributed by atoms with Crippen LogP contribution in [0.1, 0.15) is 181 Å². The zero-order chi connectivity index (χ0) is 39.3. The van der Waals surface area contributed by atoms with Crippen molar-refractivity contribution in [3.8, 4) is 0 Å². The molecule has 0 amide bonds. The summed E-state index contributed by atoms with van der Waals surface area (Å²) in [6.45, 7) is 4.47. The second-order valence-electron chi connectivity index (χ2n) is 15.5. The fourth-order valence-electron chi connectivity index (χ4n) is 6.18. The number of aliphatic carboxylic acids is 1. The third-order valence-corrected chi connectivity index (χ3v) is 9.52. The van der Waals surface area contributed by atoms with E-state index >= 15 is 0 Å². The topological polar surface area (TPSA) is 102 Å². The Morgan fingerprint density at radius 2 is 1.09 bits per heavy atom. The molecule has 8 nitrogen and oxygen atoms in total. The largest absolute Gasteiger partial charge is 0.544 e. The van der Waals surface area contributed by atoms with Gasteiger partial charge in [-0.1, -0.05) is 147 Å². The highest BCUT2D eigenvalue weighted by atomic mass is 16.6. The molecule has 0 saturated carbocycles. The predicted octanol–water partition coefficient (Wildman–Crippen LogP) is 10.1. The van der Waals surface area contributed by atoms with Crippen molar-refractivity contribution in [2.75, 3.05) is 41.0 Å². The van der Waals surface area contributed by atoms with Gasteiger partial charge in [-0.3, -0.25) is 9.59 Å². The number of hydrogen-bond donors (Lipinski definition) is 0. The Labute approximate surface area is 325 Å². The van der Waals surface area contributed by atoms with Crippen LogP contribution in [0.5, 0.6) is 0 Å². The molecular weight excluding hydrogens is 666 g/mol. The zero-order valence-corrected chi connectivity index (χ0v) is 34.9. The van der Waals surface area contributed by atoms with Crippen LogP contribution in [0.3, 0.4) is 0 Å². The molecule has 8 heteroatoms. The maximum atomic E-state index is 12.7. The first-order valence-electron chi connectivity index (χ1n) is 21.5. The number of esters is 2. The molecule has 0 aliphatic heterocycles. The summed E-state index contributed by atoms with van der Waals surface area (Å²) in [5, 5.41) is 11.6. The molecule has 0 saturated heterocycles. The van der Waals surface area contributed by atoms with Crippen molar-refractivity contribution in [2.24, 2.45) is 0 Å². The third kappa shape index (κ3) is 35.0. The number of nitrogens with zero attached hydrogens (tertiary/aromatic N) is 1. The minimum atomic E-state index is -1.13. The summed E-state index contributed by atoms with van der Waals surface area (Å²) in [5.74, 6) is -1.80. The summed E-state index contributed by atoms with van der Waals surface area (Å²) in [7, 11) is 5.39. The fraction of sp³-hybridized carbons (Fsp3) is 0.800. The van der Waals surface area contributed by atoms with Crippen molar-refractivity contribution < 1.29 is 38.2 Å². The SMILES string of the molecule is CC/C=C/C/C=C/CCCCCCCCCCCCCCCCC(=O)OC(COCCC(C(=O)[O-])[N+](C)(C)C)COC(=O)CC/C=C/CCCCCC. The molecule has 0 aliphatic rings. The summed E-state index contributed by atoms with van der Waals surface area (Å²) in [6.07, 6.45) is 40.6. The van der Waals surface area contributed by atoms with Crippen LogP contribution in [0, 0.1) is 0 Å². The van der Waals surface area contributed by atoms with E-state index in [2.05, 4.69) is 44.2 Å². The number of quaternary nitrogens is 1. The summed E-state index contributed by atoms with van der Waals surface area (Å²) in [4.78, 5) is 36.6. The van der Waals surface area contributed by atoms with E-state index in [0.717, 1.165) is 44.9 Å². The Kier molecular flexibility index (Phi) is 34.8. The first-order valence-corrected chi connectivity index (χ1v) is 21.5. The van der Waals surface area contributed by atoms with Crippen LogP contribution in [0.2, 0.25) is 0 Å². The van der Waals surface area contributed by atoms with Gasteiger partial charge >= 0.3 is 11.9 Å². The van der Waals surface area contributed by atoms with Gasteiger partial charge in [0.05, 0.1) is 40.3 Å². The summed E-state index contributed by atoms with van der Waals surface area (Å²) in [5.41, 5.74) is 0. The van der Waals surface area contributed by atoms with Gasteiger partial charge in [-0.15, -0.1) is 0 Å². The smallest absolute Gasteiger partial charge is 0.306 e. The van der Waals surface area contributed by atoms with Crippen LogP contribution in [-0.4, -0.2) is 75.5 Å². The number of rotatable bonds is 38. The van der Waals surface area contributed by atoms with Gasteiger partial charge in [0.15, 0.2) is 6.10 Å². The van der Waals surface area contributed by atoms with Gasteiger partial charge < -0.3 is 28.6 Å². The molecule has 0 bridgehead atoms. The predicted molar refractivity (Wildman–Crippen MR) is 217 cm³/mol. The van der Waals surface area contributed by atoms with Crippen LogP contribution < -0.4 is 5.11 Å². The zero-order valence-electron chi connectivity index (χ0n) is 34.9. The number of carbonyl (C=O) groups is 3. The van der Waals surface area contributed by atoms with Gasteiger partial charge in [0, 0.05) is 19.3 Å². The monoisotopic (exact) mass is 748 g/mol. The molecule has 0 aliphatic carbocycles. The molecule has 2 atom stereocenters. The minimum absolute atomic E-state index is 0.0308. The first-order chi connectivity index (χ1) is 25.6. The lowest BCUT2D eigenvalue weighted by molar-refractivity contribution is -0.889. The normalized spacial score (nSPS) is 13.3. The van der Waals surface area contributed by atoms with Crippen LogP contribution in [-0.2, 0) is 28.6 Å². The number of carboxylic acid groups (broad SMARTS) is 1. The van der Waals surface area contributed by atoms with Crippen molar-refractivity contribution in [1.82, 2.24) is 0 Å². The van der Waals surface area contributed by atoms with E-state index in [1.807, 2.05) is 6.08 Å². The van der Waals surface area contributed by atoms with Crippen LogP contribution >= 0.6 is 0 Å².